The molecule has 196 valence electrons. The number of halogens is 1. The number of hydrogen-bond acceptors (Lipinski definition) is 5. The summed E-state index contributed by atoms with van der Waals surface area (Å²) in [6.07, 6.45) is 4.87. The molecule has 2 aromatic heterocycles. The first-order valence-electron chi connectivity index (χ1n) is 12.5. The molecule has 7 nitrogen and oxygen atoms in total. The summed E-state index contributed by atoms with van der Waals surface area (Å²) in [6.45, 7) is 13.3. The standard InChI is InChI=1S/C28H35FN4O3Si/c1-18(36-37(5,6)28(2,3)4)10-15-23(33-16-22(26(30)34)31-17-33)21-8-7-9-24-25(21)32-27(35-24)19-11-13-20(29)14-12-19/h7-9,11-14,16-18,23H,10,15H2,1-6H3,(H2,30,34)/t18-,23?/m0/s1. The summed E-state index contributed by atoms with van der Waals surface area (Å²) in [5.74, 6) is -0.482. The molecule has 4 rings (SSSR count). The monoisotopic (exact) mass is 522 g/mol. The van der Waals surface area contributed by atoms with Gasteiger partial charge in [0, 0.05) is 23.4 Å². The van der Waals surface area contributed by atoms with Crippen molar-refractivity contribution in [2.75, 3.05) is 0 Å². The third-order valence-electron chi connectivity index (χ3n) is 7.26. The molecule has 0 radical (unpaired) electrons. The van der Waals surface area contributed by atoms with Gasteiger partial charge in [-0.3, -0.25) is 4.79 Å². The Morgan fingerprint density at radius 1 is 1.16 bits per heavy atom. The van der Waals surface area contributed by atoms with Gasteiger partial charge in [0.15, 0.2) is 13.9 Å². The summed E-state index contributed by atoms with van der Waals surface area (Å²) in [6, 6.07) is 11.7. The van der Waals surface area contributed by atoms with Gasteiger partial charge in [0.05, 0.1) is 12.4 Å². The Balaban J connectivity index is 1.69. The van der Waals surface area contributed by atoms with Crippen LogP contribution < -0.4 is 5.73 Å². The van der Waals surface area contributed by atoms with Crippen molar-refractivity contribution in [3.63, 3.8) is 0 Å². The fourth-order valence-electron chi connectivity index (χ4n) is 4.19. The topological polar surface area (TPSA) is 96.2 Å². The molecule has 1 amide bonds. The number of nitrogens with zero attached hydrogens (tertiary/aromatic N) is 3. The van der Waals surface area contributed by atoms with Gasteiger partial charge in [-0.15, -0.1) is 0 Å². The van der Waals surface area contributed by atoms with Crippen LogP contribution in [0.5, 0.6) is 0 Å². The highest BCUT2D eigenvalue weighted by atomic mass is 28.4. The Labute approximate surface area is 218 Å². The molecule has 1 unspecified atom stereocenters. The van der Waals surface area contributed by atoms with Crippen LogP contribution in [0.25, 0.3) is 22.6 Å². The van der Waals surface area contributed by atoms with Gasteiger partial charge in [-0.1, -0.05) is 32.9 Å². The average Bonchev–Trinajstić information content (AvgIpc) is 3.47. The SMILES string of the molecule is C[C@@H](CCC(c1cccc2oc(-c3ccc(F)cc3)nc12)n1cnc(C(N)=O)c1)O[Si](C)(C)C(C)(C)C. The van der Waals surface area contributed by atoms with Crippen LogP contribution >= 0.6 is 0 Å². The summed E-state index contributed by atoms with van der Waals surface area (Å²) in [4.78, 5) is 20.8. The maximum Gasteiger partial charge on any atom is 0.268 e. The highest BCUT2D eigenvalue weighted by Crippen LogP contribution is 2.38. The number of amides is 1. The van der Waals surface area contributed by atoms with Crippen molar-refractivity contribution in [1.82, 2.24) is 14.5 Å². The molecule has 0 aliphatic rings. The molecule has 0 bridgehead atoms. The summed E-state index contributed by atoms with van der Waals surface area (Å²) in [5.41, 5.74) is 8.64. The Morgan fingerprint density at radius 2 is 1.86 bits per heavy atom. The highest BCUT2D eigenvalue weighted by Gasteiger charge is 2.38. The quantitative estimate of drug-likeness (QED) is 0.247. The summed E-state index contributed by atoms with van der Waals surface area (Å²) in [7, 11) is -1.93. The zero-order chi connectivity index (χ0) is 27.0. The van der Waals surface area contributed by atoms with Gasteiger partial charge >= 0.3 is 0 Å². The second-order valence-corrected chi connectivity index (χ2v) is 15.8. The fraction of sp³-hybridized carbons (Fsp3) is 0.393. The zero-order valence-electron chi connectivity index (χ0n) is 22.3. The van der Waals surface area contributed by atoms with E-state index in [9.17, 15) is 9.18 Å². The van der Waals surface area contributed by atoms with Gasteiger partial charge in [0.1, 0.15) is 17.0 Å². The fourth-order valence-corrected chi connectivity index (χ4v) is 5.66. The van der Waals surface area contributed by atoms with Crippen LogP contribution in [0.3, 0.4) is 0 Å². The first-order chi connectivity index (χ1) is 17.4. The van der Waals surface area contributed by atoms with Crippen molar-refractivity contribution in [3.05, 3.63) is 72.1 Å². The van der Waals surface area contributed by atoms with Crippen molar-refractivity contribution in [2.24, 2.45) is 5.73 Å². The third-order valence-corrected chi connectivity index (χ3v) is 11.9. The zero-order valence-corrected chi connectivity index (χ0v) is 23.3. The van der Waals surface area contributed by atoms with E-state index in [0.29, 0.717) is 22.6 Å². The molecule has 0 saturated heterocycles. The lowest BCUT2D eigenvalue weighted by molar-refractivity contribution is 0.0996. The number of benzene rings is 2. The van der Waals surface area contributed by atoms with Crippen LogP contribution in [0.2, 0.25) is 18.1 Å². The number of fused-ring (bicyclic) bond motifs is 1. The number of imidazole rings is 1. The molecule has 0 spiro atoms. The number of carbonyl (C=O) groups is 1. The van der Waals surface area contributed by atoms with Gasteiger partial charge in [-0.2, -0.15) is 0 Å². The van der Waals surface area contributed by atoms with Crippen LogP contribution in [0.4, 0.5) is 4.39 Å². The molecule has 9 heteroatoms. The molecule has 2 heterocycles. The first kappa shape index (κ1) is 26.8. The molecule has 2 N–H and O–H groups in total. The maximum absolute atomic E-state index is 13.4. The van der Waals surface area contributed by atoms with Gasteiger partial charge in [-0.05, 0) is 68.2 Å². The predicted octanol–water partition coefficient (Wildman–Crippen LogP) is 6.71. The van der Waals surface area contributed by atoms with Crippen LogP contribution in [0.15, 0.2) is 59.4 Å². The smallest absolute Gasteiger partial charge is 0.268 e. The van der Waals surface area contributed by atoms with Crippen molar-refractivity contribution >= 4 is 25.3 Å². The van der Waals surface area contributed by atoms with Crippen LogP contribution in [-0.2, 0) is 4.43 Å². The van der Waals surface area contributed by atoms with Crippen molar-refractivity contribution < 1.29 is 18.0 Å². The van der Waals surface area contributed by atoms with E-state index in [1.807, 2.05) is 22.8 Å². The summed E-state index contributed by atoms with van der Waals surface area (Å²) < 4.78 is 28.0. The number of rotatable bonds is 9. The highest BCUT2D eigenvalue weighted by molar-refractivity contribution is 6.74. The van der Waals surface area contributed by atoms with E-state index >= 15 is 0 Å². The number of carbonyl (C=O) groups excluding carboxylic acids is 1. The van der Waals surface area contributed by atoms with Crippen LogP contribution in [0.1, 0.15) is 62.6 Å². The largest absolute Gasteiger partial charge is 0.436 e. The third kappa shape index (κ3) is 5.83. The van der Waals surface area contributed by atoms with E-state index in [4.69, 9.17) is 19.6 Å². The molecule has 0 fully saturated rings. The minimum absolute atomic E-state index is 0.0498. The van der Waals surface area contributed by atoms with Gasteiger partial charge < -0.3 is 19.1 Å². The Kier molecular flexibility index (Phi) is 7.39. The van der Waals surface area contributed by atoms with Crippen molar-refractivity contribution in [2.45, 2.75) is 70.8 Å². The molecule has 0 saturated carbocycles. The van der Waals surface area contributed by atoms with Crippen molar-refractivity contribution in [3.8, 4) is 11.5 Å². The normalized spacial score (nSPS) is 14.1. The maximum atomic E-state index is 13.4. The molecule has 0 aliphatic carbocycles. The molecule has 2 aromatic carbocycles. The number of nitrogens with two attached hydrogens (primary N) is 1. The lowest BCUT2D eigenvalue weighted by Crippen LogP contribution is -2.43. The average molecular weight is 523 g/mol. The number of oxazole rings is 1. The second kappa shape index (κ2) is 10.2. The molecular formula is C28H35FN4O3Si. The lowest BCUT2D eigenvalue weighted by Gasteiger charge is -2.38. The first-order valence-corrected chi connectivity index (χ1v) is 15.4. The summed E-state index contributed by atoms with van der Waals surface area (Å²) in [5, 5.41) is 0.116. The molecule has 4 aromatic rings. The van der Waals surface area contributed by atoms with E-state index < -0.39 is 14.2 Å². The summed E-state index contributed by atoms with van der Waals surface area (Å²) >= 11 is 0. The van der Waals surface area contributed by atoms with Crippen molar-refractivity contribution in [1.29, 1.82) is 0 Å². The minimum Gasteiger partial charge on any atom is -0.436 e. The van der Waals surface area contributed by atoms with E-state index in [2.05, 4.69) is 45.8 Å². The molecule has 2 atom stereocenters. The number of aromatic nitrogens is 3. The Morgan fingerprint density at radius 3 is 2.49 bits per heavy atom. The van der Waals surface area contributed by atoms with E-state index in [1.165, 1.54) is 12.1 Å². The second-order valence-electron chi connectivity index (χ2n) is 11.1. The number of primary amides is 1. The van der Waals surface area contributed by atoms with Crippen LogP contribution in [0, 0.1) is 5.82 Å². The molecule has 0 aliphatic heterocycles. The Bertz CT molecular complexity index is 1390. The van der Waals surface area contributed by atoms with E-state index in [1.54, 1.807) is 24.7 Å². The molecular weight excluding hydrogens is 487 g/mol. The Hall–Kier alpha value is -3.30. The van der Waals surface area contributed by atoms with Gasteiger partial charge in [0.2, 0.25) is 5.89 Å². The van der Waals surface area contributed by atoms with Gasteiger partial charge in [0.25, 0.3) is 5.91 Å². The van der Waals surface area contributed by atoms with E-state index in [0.717, 1.165) is 18.4 Å². The predicted molar refractivity (Wildman–Crippen MR) is 145 cm³/mol. The van der Waals surface area contributed by atoms with Crippen LogP contribution in [-0.4, -0.2) is 34.9 Å². The lowest BCUT2D eigenvalue weighted by atomic mass is 9.99. The minimum atomic E-state index is -1.93. The number of para-hydroxylation sites is 1. The van der Waals surface area contributed by atoms with E-state index in [-0.39, 0.29) is 28.7 Å². The molecule has 37 heavy (non-hydrogen) atoms. The number of hydrogen-bond donors (Lipinski definition) is 1. The van der Waals surface area contributed by atoms with Gasteiger partial charge in [-0.25, -0.2) is 14.4 Å².